The molecule has 0 atom stereocenters. The third-order valence-corrected chi connectivity index (χ3v) is 7.58. The summed E-state index contributed by atoms with van der Waals surface area (Å²) in [6.45, 7) is 8.28. The fourth-order valence-corrected chi connectivity index (χ4v) is 5.90. The van der Waals surface area contributed by atoms with E-state index >= 15 is 0 Å². The Morgan fingerprint density at radius 1 is 1.30 bits per heavy atom. The summed E-state index contributed by atoms with van der Waals surface area (Å²) in [5.41, 5.74) is 1.38. The molecule has 1 amide bonds. The van der Waals surface area contributed by atoms with Gasteiger partial charge in [-0.1, -0.05) is 36.0 Å². The maximum Gasteiger partial charge on any atom is 0.341 e. The van der Waals surface area contributed by atoms with Gasteiger partial charge in [0.2, 0.25) is 5.91 Å². The van der Waals surface area contributed by atoms with Crippen molar-refractivity contribution in [3.8, 4) is 11.4 Å². The molecule has 0 spiro atoms. The van der Waals surface area contributed by atoms with Crippen molar-refractivity contribution in [1.29, 1.82) is 0 Å². The molecule has 0 fully saturated rings. The van der Waals surface area contributed by atoms with Crippen molar-refractivity contribution in [2.45, 2.75) is 25.5 Å². The molecular weight excluding hydrogens is 476 g/mol. The minimum atomic E-state index is -0.442. The first-order valence-corrected chi connectivity index (χ1v) is 12.9. The fourth-order valence-electron chi connectivity index (χ4n) is 3.30. The van der Waals surface area contributed by atoms with Crippen LogP contribution in [0.2, 0.25) is 0 Å². The van der Waals surface area contributed by atoms with Gasteiger partial charge in [0.25, 0.3) is 0 Å². The number of nitrogens with one attached hydrogen (secondary N) is 1. The lowest BCUT2D eigenvalue weighted by atomic mass is 10.1. The summed E-state index contributed by atoms with van der Waals surface area (Å²) in [7, 11) is 0. The molecule has 4 rings (SSSR count). The summed E-state index contributed by atoms with van der Waals surface area (Å²) in [4.78, 5) is 25.7. The van der Waals surface area contributed by atoms with Crippen LogP contribution in [0.1, 0.15) is 22.2 Å². The summed E-state index contributed by atoms with van der Waals surface area (Å²) in [6.07, 6.45) is 1.78. The molecule has 0 saturated heterocycles. The third kappa shape index (κ3) is 5.02. The fraction of sp³-hybridized carbons (Fsp3) is 0.217. The highest BCUT2D eigenvalue weighted by Gasteiger charge is 2.20. The van der Waals surface area contributed by atoms with E-state index in [0.717, 1.165) is 21.7 Å². The number of hydrogen-bond acceptors (Lipinski definition) is 8. The molecule has 0 unspecified atom stereocenters. The molecule has 0 saturated carbocycles. The molecule has 1 N–H and O–H groups in total. The van der Waals surface area contributed by atoms with Crippen molar-refractivity contribution < 1.29 is 14.3 Å². The third-order valence-electron chi connectivity index (χ3n) is 4.69. The van der Waals surface area contributed by atoms with Crippen molar-refractivity contribution in [3.05, 3.63) is 58.8 Å². The Labute approximate surface area is 203 Å². The molecule has 7 nitrogen and oxygen atoms in total. The molecule has 170 valence electrons. The lowest BCUT2D eigenvalue weighted by Gasteiger charge is -2.08. The van der Waals surface area contributed by atoms with E-state index in [9.17, 15) is 9.59 Å². The van der Waals surface area contributed by atoms with Gasteiger partial charge in [-0.2, -0.15) is 0 Å². The van der Waals surface area contributed by atoms with Gasteiger partial charge in [0.1, 0.15) is 5.00 Å². The average molecular weight is 499 g/mol. The molecule has 3 heterocycles. The Hall–Kier alpha value is -2.95. The Kier molecular flexibility index (Phi) is 7.26. The number of aryl methyl sites for hydroxylation is 1. The number of benzene rings is 1. The topological polar surface area (TPSA) is 86.1 Å². The summed E-state index contributed by atoms with van der Waals surface area (Å²) in [5, 5.41) is 15.9. The number of carbonyl (C=O) groups is 2. The van der Waals surface area contributed by atoms with E-state index in [2.05, 4.69) is 39.6 Å². The van der Waals surface area contributed by atoms with E-state index in [-0.39, 0.29) is 18.3 Å². The highest BCUT2D eigenvalue weighted by atomic mass is 32.2. The van der Waals surface area contributed by atoms with Crippen molar-refractivity contribution in [2.24, 2.45) is 0 Å². The van der Waals surface area contributed by atoms with Crippen LogP contribution < -0.4 is 5.32 Å². The van der Waals surface area contributed by atoms with Gasteiger partial charge in [0, 0.05) is 32.5 Å². The van der Waals surface area contributed by atoms with Crippen LogP contribution in [0.25, 0.3) is 21.5 Å². The van der Waals surface area contributed by atoms with Crippen molar-refractivity contribution in [1.82, 2.24) is 14.8 Å². The van der Waals surface area contributed by atoms with Crippen molar-refractivity contribution >= 4 is 61.4 Å². The molecule has 10 heteroatoms. The van der Waals surface area contributed by atoms with Crippen LogP contribution >= 0.6 is 34.4 Å². The Morgan fingerprint density at radius 2 is 2.12 bits per heavy atom. The summed E-state index contributed by atoms with van der Waals surface area (Å²) >= 11 is 4.30. The number of thioether (sulfide) groups is 1. The van der Waals surface area contributed by atoms with Gasteiger partial charge in [-0.05, 0) is 26.0 Å². The highest BCUT2D eigenvalue weighted by Crippen LogP contribution is 2.34. The lowest BCUT2D eigenvalue weighted by molar-refractivity contribution is -0.113. The SMILES string of the molecule is C=CCn1c(SCC(=O)Nc2sc(C)cc2C(=O)OCC)nnc1-c1csc2ccccc12. The van der Waals surface area contributed by atoms with E-state index in [1.54, 1.807) is 30.4 Å². The van der Waals surface area contributed by atoms with Crippen molar-refractivity contribution in [3.63, 3.8) is 0 Å². The number of esters is 1. The molecule has 1 aromatic carbocycles. The zero-order valence-corrected chi connectivity index (χ0v) is 20.6. The standard InChI is InChI=1S/C23H22N4O3S3/c1-4-10-27-20(17-12-31-18-9-7-6-8-15(17)18)25-26-23(27)32-13-19(28)24-21-16(11-14(3)33-21)22(29)30-5-2/h4,6-9,11-12H,1,5,10,13H2,2-3H3,(H,24,28). The second-order valence-corrected chi connectivity index (χ2v) is 10.1. The van der Waals surface area contributed by atoms with Crippen LogP contribution in [0.4, 0.5) is 5.00 Å². The van der Waals surface area contributed by atoms with Crippen LogP contribution in [-0.4, -0.2) is 39.0 Å². The number of amides is 1. The number of ether oxygens (including phenoxy) is 1. The number of thiophene rings is 2. The smallest absolute Gasteiger partial charge is 0.341 e. The molecule has 0 aliphatic rings. The number of hydrogen-bond donors (Lipinski definition) is 1. The first kappa shape index (κ1) is 23.2. The maximum atomic E-state index is 12.7. The number of aromatic nitrogens is 3. The number of fused-ring (bicyclic) bond motifs is 1. The largest absolute Gasteiger partial charge is 0.462 e. The zero-order valence-electron chi connectivity index (χ0n) is 18.2. The predicted octanol–water partition coefficient (Wildman–Crippen LogP) is 5.62. The quantitative estimate of drug-likeness (QED) is 0.183. The minimum Gasteiger partial charge on any atom is -0.462 e. The molecule has 0 bridgehead atoms. The molecule has 4 aromatic rings. The molecule has 0 radical (unpaired) electrons. The number of rotatable bonds is 9. The van der Waals surface area contributed by atoms with Gasteiger partial charge < -0.3 is 10.1 Å². The molecule has 0 aliphatic carbocycles. The van der Waals surface area contributed by atoms with Crippen molar-refractivity contribution in [2.75, 3.05) is 17.7 Å². The van der Waals surface area contributed by atoms with Crippen LogP contribution in [0, 0.1) is 6.92 Å². The Bertz CT molecular complexity index is 1320. The monoisotopic (exact) mass is 498 g/mol. The Balaban J connectivity index is 1.51. The first-order chi connectivity index (χ1) is 16.0. The molecule has 3 aromatic heterocycles. The normalized spacial score (nSPS) is 11.0. The average Bonchev–Trinajstić information content (AvgIpc) is 3.49. The van der Waals surface area contributed by atoms with E-state index in [1.807, 2.05) is 23.6 Å². The van der Waals surface area contributed by atoms with Gasteiger partial charge in [0.15, 0.2) is 11.0 Å². The second kappa shape index (κ2) is 10.3. The first-order valence-electron chi connectivity index (χ1n) is 10.2. The van der Waals surface area contributed by atoms with Crippen LogP contribution in [0.3, 0.4) is 0 Å². The summed E-state index contributed by atoms with van der Waals surface area (Å²) in [5.74, 6) is 0.193. The molecule has 0 aliphatic heterocycles. The van der Waals surface area contributed by atoms with Crippen LogP contribution in [0.15, 0.2) is 53.5 Å². The van der Waals surface area contributed by atoms with E-state index in [1.165, 1.54) is 27.8 Å². The number of nitrogens with zero attached hydrogens (tertiary/aromatic N) is 3. The summed E-state index contributed by atoms with van der Waals surface area (Å²) < 4.78 is 8.22. The van der Waals surface area contributed by atoms with E-state index in [4.69, 9.17) is 4.74 Å². The number of carbonyl (C=O) groups excluding carboxylic acids is 2. The van der Waals surface area contributed by atoms with Gasteiger partial charge in [0.05, 0.1) is 17.9 Å². The predicted molar refractivity (Wildman–Crippen MR) is 135 cm³/mol. The maximum absolute atomic E-state index is 12.7. The van der Waals surface area contributed by atoms with Gasteiger partial charge >= 0.3 is 5.97 Å². The lowest BCUT2D eigenvalue weighted by Crippen LogP contribution is -2.16. The van der Waals surface area contributed by atoms with E-state index < -0.39 is 5.97 Å². The number of allylic oxidation sites excluding steroid dienone is 1. The molecule has 33 heavy (non-hydrogen) atoms. The van der Waals surface area contributed by atoms with Crippen LogP contribution in [0.5, 0.6) is 0 Å². The summed E-state index contributed by atoms with van der Waals surface area (Å²) in [6, 6.07) is 9.89. The zero-order chi connectivity index (χ0) is 23.4. The van der Waals surface area contributed by atoms with Gasteiger partial charge in [-0.15, -0.1) is 39.4 Å². The Morgan fingerprint density at radius 3 is 2.91 bits per heavy atom. The van der Waals surface area contributed by atoms with Gasteiger partial charge in [-0.3, -0.25) is 9.36 Å². The highest BCUT2D eigenvalue weighted by molar-refractivity contribution is 7.99. The number of anilines is 1. The van der Waals surface area contributed by atoms with Crippen LogP contribution in [-0.2, 0) is 16.1 Å². The molecular formula is C23H22N4O3S3. The second-order valence-electron chi connectivity index (χ2n) is 7.01. The van der Waals surface area contributed by atoms with Gasteiger partial charge in [-0.25, -0.2) is 4.79 Å². The van der Waals surface area contributed by atoms with E-state index in [0.29, 0.717) is 22.3 Å². The minimum absolute atomic E-state index is 0.124.